The van der Waals surface area contributed by atoms with Crippen molar-refractivity contribution in [2.75, 3.05) is 44.8 Å². The maximum absolute atomic E-state index is 13.7. The molecule has 1 fully saturated rings. The molecule has 3 aromatic rings. The molecule has 0 aliphatic carbocycles. The molecule has 4 N–H and O–H groups in total. The first-order valence-corrected chi connectivity index (χ1v) is 12.1. The van der Waals surface area contributed by atoms with Gasteiger partial charge in [-0.3, -0.25) is 4.90 Å². The van der Waals surface area contributed by atoms with Crippen LogP contribution in [0.25, 0.3) is 17.0 Å². The minimum atomic E-state index is -4.66. The zero-order valence-corrected chi connectivity index (χ0v) is 20.7. The Balaban J connectivity index is 1.50. The molecule has 1 aliphatic heterocycles. The minimum absolute atomic E-state index is 0.00597. The van der Waals surface area contributed by atoms with E-state index in [-0.39, 0.29) is 11.6 Å². The number of ether oxygens (including phenoxy) is 2. The van der Waals surface area contributed by atoms with E-state index in [2.05, 4.69) is 20.2 Å². The van der Waals surface area contributed by atoms with Gasteiger partial charge in [0.2, 0.25) is 0 Å². The summed E-state index contributed by atoms with van der Waals surface area (Å²) >= 11 is 0. The maximum Gasteiger partial charge on any atom is 0.433 e. The van der Waals surface area contributed by atoms with Gasteiger partial charge < -0.3 is 25.9 Å². The van der Waals surface area contributed by atoms with E-state index in [1.807, 2.05) is 0 Å². The van der Waals surface area contributed by atoms with Crippen LogP contribution in [-0.2, 0) is 10.9 Å². The number of hydrogen-bond donors (Lipinski definition) is 3. The molecule has 38 heavy (non-hydrogen) atoms. The molecule has 0 radical (unpaired) electrons. The summed E-state index contributed by atoms with van der Waals surface area (Å²) in [6.07, 6.45) is -1.41. The molecular weight excluding hydrogens is 497 g/mol. The molecule has 0 bridgehead atoms. The van der Waals surface area contributed by atoms with E-state index in [9.17, 15) is 13.2 Å². The predicted octanol–water partition coefficient (Wildman–Crippen LogP) is 4.96. The molecule has 2 heterocycles. The van der Waals surface area contributed by atoms with Gasteiger partial charge in [0.25, 0.3) is 0 Å². The Morgan fingerprint density at radius 3 is 2.55 bits per heavy atom. The zero-order chi connectivity index (χ0) is 27.0. The monoisotopic (exact) mass is 526 g/mol. The second-order valence-electron chi connectivity index (χ2n) is 8.61. The molecule has 0 atom stereocenters. The first-order valence-electron chi connectivity index (χ1n) is 12.1. The minimum Gasteiger partial charge on any atom is -0.494 e. The lowest BCUT2D eigenvalue weighted by Gasteiger charge is -2.26. The van der Waals surface area contributed by atoms with Crippen LogP contribution in [0.3, 0.4) is 0 Å². The van der Waals surface area contributed by atoms with Crippen LogP contribution in [-0.4, -0.2) is 60.5 Å². The number of rotatable bonds is 10. The van der Waals surface area contributed by atoms with Crippen molar-refractivity contribution in [2.24, 2.45) is 5.73 Å². The van der Waals surface area contributed by atoms with Gasteiger partial charge in [0.15, 0.2) is 11.5 Å². The molecule has 0 unspecified atom stereocenters. The first kappa shape index (κ1) is 27.1. The van der Waals surface area contributed by atoms with E-state index in [0.717, 1.165) is 51.5 Å². The lowest BCUT2D eigenvalue weighted by molar-refractivity contribution is -0.141. The quantitative estimate of drug-likeness (QED) is 0.253. The summed E-state index contributed by atoms with van der Waals surface area (Å²) in [5, 5.41) is 10.3. The largest absolute Gasteiger partial charge is 0.494 e. The third-order valence-electron chi connectivity index (χ3n) is 5.93. The van der Waals surface area contributed by atoms with E-state index in [0.29, 0.717) is 34.7 Å². The molecule has 1 saturated heterocycles. The van der Waals surface area contributed by atoms with Crippen LogP contribution in [0.2, 0.25) is 0 Å². The Labute approximate surface area is 218 Å². The van der Waals surface area contributed by atoms with E-state index in [4.69, 9.17) is 20.6 Å². The van der Waals surface area contributed by atoms with E-state index < -0.39 is 11.9 Å². The summed E-state index contributed by atoms with van der Waals surface area (Å²) in [5.74, 6) is 0.453. The molecule has 8 nitrogen and oxygen atoms in total. The Morgan fingerprint density at radius 1 is 1.11 bits per heavy atom. The number of aromatic nitrogens is 2. The van der Waals surface area contributed by atoms with Gasteiger partial charge in [-0.15, -0.1) is 0 Å². The number of allylic oxidation sites excluding steroid dienone is 1. The van der Waals surface area contributed by atoms with Crippen LogP contribution >= 0.6 is 0 Å². The molecule has 1 aromatic heterocycles. The molecule has 2 aromatic carbocycles. The molecule has 4 rings (SSSR count). The topological polar surface area (TPSA) is 109 Å². The summed E-state index contributed by atoms with van der Waals surface area (Å²) < 4.78 is 52.2. The van der Waals surface area contributed by atoms with Gasteiger partial charge in [-0.1, -0.05) is 24.3 Å². The van der Waals surface area contributed by atoms with Crippen LogP contribution in [0.4, 0.5) is 24.7 Å². The van der Waals surface area contributed by atoms with Crippen molar-refractivity contribution in [3.63, 3.8) is 0 Å². The van der Waals surface area contributed by atoms with Gasteiger partial charge in [-0.05, 0) is 36.2 Å². The van der Waals surface area contributed by atoms with Crippen LogP contribution in [0.15, 0.2) is 60.8 Å². The highest BCUT2D eigenvalue weighted by atomic mass is 19.4. The van der Waals surface area contributed by atoms with Crippen molar-refractivity contribution in [3.05, 3.63) is 72.1 Å². The van der Waals surface area contributed by atoms with Crippen molar-refractivity contribution >= 4 is 23.3 Å². The first-order chi connectivity index (χ1) is 18.4. The van der Waals surface area contributed by atoms with E-state index in [1.165, 1.54) is 6.20 Å². The van der Waals surface area contributed by atoms with Crippen molar-refractivity contribution < 1.29 is 22.6 Å². The molecule has 200 valence electrons. The highest BCUT2D eigenvalue weighted by molar-refractivity contribution is 6.08. The number of nitrogens with one attached hydrogen (secondary N) is 2. The molecule has 0 spiro atoms. The van der Waals surface area contributed by atoms with Crippen molar-refractivity contribution in [3.8, 4) is 17.1 Å². The smallest absolute Gasteiger partial charge is 0.433 e. The standard InChI is InChI=1S/C27H29F3N6O2/c28-27(29,30)24-16-25(33-22-7-5-19(6-8-22)21(17-31)18-32)35-26(34-24)20-3-1-4-23(15-20)38-12-2-9-36-10-13-37-14-11-36/h1,3-8,15-18,31H,2,9-14,32H2,(H,33,34,35)/b21-18+,31-17?. The Hall–Kier alpha value is -3.96. The van der Waals surface area contributed by atoms with Crippen molar-refractivity contribution in [1.29, 1.82) is 5.41 Å². The molecule has 0 amide bonds. The summed E-state index contributed by atoms with van der Waals surface area (Å²) in [6, 6.07) is 14.4. The predicted molar refractivity (Wildman–Crippen MR) is 141 cm³/mol. The third-order valence-corrected chi connectivity index (χ3v) is 5.93. The molecule has 11 heteroatoms. The fraction of sp³-hybridized carbons (Fsp3) is 0.296. The summed E-state index contributed by atoms with van der Waals surface area (Å²) in [6.45, 7) is 4.64. The van der Waals surface area contributed by atoms with Gasteiger partial charge in [-0.25, -0.2) is 9.97 Å². The summed E-state index contributed by atoms with van der Waals surface area (Å²) in [5.41, 5.74) is 6.60. The van der Waals surface area contributed by atoms with Gasteiger partial charge in [0, 0.05) is 54.9 Å². The Bertz CT molecular complexity index is 1260. The fourth-order valence-corrected chi connectivity index (χ4v) is 3.94. The number of anilines is 2. The average Bonchev–Trinajstić information content (AvgIpc) is 2.93. The Morgan fingerprint density at radius 2 is 1.87 bits per heavy atom. The SMILES string of the molecule is N=C/C(=C\N)c1ccc(Nc2cc(C(F)(F)F)nc(-c3cccc(OCCCN4CCOCC4)c3)n2)cc1. The van der Waals surface area contributed by atoms with E-state index in [1.54, 1.807) is 48.5 Å². The number of halogens is 3. The lowest BCUT2D eigenvalue weighted by Crippen LogP contribution is -2.37. The highest BCUT2D eigenvalue weighted by Crippen LogP contribution is 2.32. The van der Waals surface area contributed by atoms with Crippen molar-refractivity contribution in [1.82, 2.24) is 14.9 Å². The number of nitrogens with two attached hydrogens (primary N) is 1. The van der Waals surface area contributed by atoms with Crippen LogP contribution < -0.4 is 15.8 Å². The third kappa shape index (κ3) is 7.30. The average molecular weight is 527 g/mol. The fourth-order valence-electron chi connectivity index (χ4n) is 3.94. The van der Waals surface area contributed by atoms with Crippen LogP contribution in [0.5, 0.6) is 5.75 Å². The highest BCUT2D eigenvalue weighted by Gasteiger charge is 2.34. The molecule has 0 saturated carbocycles. The number of benzene rings is 2. The number of nitrogens with zero attached hydrogens (tertiary/aromatic N) is 3. The van der Waals surface area contributed by atoms with Crippen LogP contribution in [0, 0.1) is 5.41 Å². The van der Waals surface area contributed by atoms with Gasteiger partial charge in [0.1, 0.15) is 11.6 Å². The van der Waals surface area contributed by atoms with E-state index >= 15 is 0 Å². The summed E-state index contributed by atoms with van der Waals surface area (Å²) in [4.78, 5) is 10.4. The van der Waals surface area contributed by atoms with Crippen LogP contribution in [0.1, 0.15) is 17.7 Å². The van der Waals surface area contributed by atoms with Gasteiger partial charge in [0.05, 0.1) is 19.8 Å². The summed E-state index contributed by atoms with van der Waals surface area (Å²) in [7, 11) is 0. The zero-order valence-electron chi connectivity index (χ0n) is 20.7. The molecule has 1 aliphatic rings. The second-order valence-corrected chi connectivity index (χ2v) is 8.61. The lowest BCUT2D eigenvalue weighted by atomic mass is 10.1. The normalized spacial score (nSPS) is 14.8. The number of hydrogen-bond acceptors (Lipinski definition) is 8. The number of alkyl halides is 3. The van der Waals surface area contributed by atoms with Gasteiger partial charge in [-0.2, -0.15) is 13.2 Å². The Kier molecular flexibility index (Phi) is 8.93. The van der Waals surface area contributed by atoms with Gasteiger partial charge >= 0.3 is 6.18 Å². The number of morpholine rings is 1. The molecular formula is C27H29F3N6O2. The van der Waals surface area contributed by atoms with Crippen molar-refractivity contribution in [2.45, 2.75) is 12.6 Å². The second kappa shape index (κ2) is 12.5. The maximum atomic E-state index is 13.7.